The molecule has 0 aliphatic carbocycles. The lowest BCUT2D eigenvalue weighted by Crippen LogP contribution is -2.33. The van der Waals surface area contributed by atoms with Gasteiger partial charge in [-0.1, -0.05) is 11.6 Å². The molecule has 1 aliphatic heterocycles. The van der Waals surface area contributed by atoms with Crippen molar-refractivity contribution >= 4 is 11.6 Å². The summed E-state index contributed by atoms with van der Waals surface area (Å²) in [6.07, 6.45) is 2.35. The Hall–Kier alpha value is -0.930. The van der Waals surface area contributed by atoms with Gasteiger partial charge in [0.05, 0.1) is 13.2 Å². The van der Waals surface area contributed by atoms with Crippen LogP contribution in [-0.4, -0.2) is 19.8 Å². The summed E-state index contributed by atoms with van der Waals surface area (Å²) in [4.78, 5) is 0. The average Bonchev–Trinajstić information content (AvgIpc) is 2.78. The van der Waals surface area contributed by atoms with Gasteiger partial charge in [0.15, 0.2) is 11.5 Å². The van der Waals surface area contributed by atoms with Crippen molar-refractivity contribution in [3.05, 3.63) is 22.7 Å². The molecule has 0 spiro atoms. The highest BCUT2D eigenvalue weighted by molar-refractivity contribution is 6.31. The molecule has 19 heavy (non-hydrogen) atoms. The molecule has 1 fully saturated rings. The van der Waals surface area contributed by atoms with Crippen LogP contribution in [0.15, 0.2) is 12.1 Å². The van der Waals surface area contributed by atoms with E-state index >= 15 is 0 Å². The van der Waals surface area contributed by atoms with Gasteiger partial charge in [-0.2, -0.15) is 0 Å². The lowest BCUT2D eigenvalue weighted by molar-refractivity contribution is 0.229. The predicted octanol–water partition coefficient (Wildman–Crippen LogP) is 3.73. The van der Waals surface area contributed by atoms with Gasteiger partial charge in [0, 0.05) is 16.6 Å². The molecular weight excluding hydrogens is 262 g/mol. The van der Waals surface area contributed by atoms with Crippen LogP contribution in [0.2, 0.25) is 5.02 Å². The molecule has 1 aromatic rings. The van der Waals surface area contributed by atoms with Crippen LogP contribution in [0.5, 0.6) is 11.5 Å². The summed E-state index contributed by atoms with van der Waals surface area (Å²) in [6, 6.07) is 3.86. The van der Waals surface area contributed by atoms with Crippen molar-refractivity contribution in [3.63, 3.8) is 0 Å². The third-order valence-electron chi connectivity index (χ3n) is 3.58. The van der Waals surface area contributed by atoms with Gasteiger partial charge >= 0.3 is 0 Å². The van der Waals surface area contributed by atoms with Crippen molar-refractivity contribution in [3.8, 4) is 11.5 Å². The fraction of sp³-hybridized carbons (Fsp3) is 0.600. The van der Waals surface area contributed by atoms with E-state index in [1.807, 2.05) is 26.0 Å². The summed E-state index contributed by atoms with van der Waals surface area (Å²) in [5.74, 6) is 1.44. The van der Waals surface area contributed by atoms with Crippen LogP contribution in [0.1, 0.15) is 39.2 Å². The van der Waals surface area contributed by atoms with Crippen molar-refractivity contribution in [1.29, 1.82) is 0 Å². The molecule has 1 N–H and O–H groups in total. The summed E-state index contributed by atoms with van der Waals surface area (Å²) in [5.41, 5.74) is 1.02. The van der Waals surface area contributed by atoms with Gasteiger partial charge in [-0.05, 0) is 51.8 Å². The number of ether oxygens (including phenoxy) is 2. The van der Waals surface area contributed by atoms with E-state index < -0.39 is 0 Å². The molecule has 0 aromatic heterocycles. The second-order valence-electron chi connectivity index (χ2n) is 5.51. The summed E-state index contributed by atoms with van der Waals surface area (Å²) >= 11 is 6.41. The molecule has 3 nitrogen and oxygen atoms in total. The van der Waals surface area contributed by atoms with Crippen molar-refractivity contribution < 1.29 is 9.47 Å². The number of hydrogen-bond acceptors (Lipinski definition) is 3. The molecule has 1 aromatic carbocycles. The van der Waals surface area contributed by atoms with E-state index in [0.29, 0.717) is 5.75 Å². The Morgan fingerprint density at radius 2 is 2.05 bits per heavy atom. The minimum Gasteiger partial charge on any atom is -0.493 e. The lowest BCUT2D eigenvalue weighted by atomic mass is 9.90. The zero-order chi connectivity index (χ0) is 14.0. The number of rotatable bonds is 4. The first-order chi connectivity index (χ1) is 8.96. The Morgan fingerprint density at radius 3 is 2.58 bits per heavy atom. The van der Waals surface area contributed by atoms with E-state index in [2.05, 4.69) is 12.2 Å². The van der Waals surface area contributed by atoms with Gasteiger partial charge in [0.1, 0.15) is 0 Å². The molecule has 0 bridgehead atoms. The summed E-state index contributed by atoms with van der Waals surface area (Å²) < 4.78 is 11.2. The maximum absolute atomic E-state index is 6.41. The molecule has 4 heteroatoms. The van der Waals surface area contributed by atoms with Crippen LogP contribution in [0.25, 0.3) is 0 Å². The highest BCUT2D eigenvalue weighted by Gasteiger charge is 2.33. The number of halogens is 1. The first kappa shape index (κ1) is 14.5. The van der Waals surface area contributed by atoms with Gasteiger partial charge in [-0.3, -0.25) is 0 Å². The molecule has 0 amide bonds. The summed E-state index contributed by atoms with van der Waals surface area (Å²) in [5, 5.41) is 4.25. The molecule has 106 valence electrons. The second-order valence-corrected chi connectivity index (χ2v) is 5.92. The van der Waals surface area contributed by atoms with Crippen LogP contribution in [0.3, 0.4) is 0 Å². The van der Waals surface area contributed by atoms with Gasteiger partial charge < -0.3 is 14.8 Å². The van der Waals surface area contributed by atoms with E-state index in [9.17, 15) is 0 Å². The third kappa shape index (κ3) is 2.98. The first-order valence-electron chi connectivity index (χ1n) is 6.76. The predicted molar refractivity (Wildman–Crippen MR) is 78.4 cm³/mol. The van der Waals surface area contributed by atoms with Crippen molar-refractivity contribution in [2.75, 3.05) is 13.7 Å². The fourth-order valence-electron chi connectivity index (χ4n) is 2.59. The Labute approximate surface area is 120 Å². The van der Waals surface area contributed by atoms with Crippen LogP contribution in [0, 0.1) is 0 Å². The van der Waals surface area contributed by atoms with Crippen molar-refractivity contribution in [2.24, 2.45) is 0 Å². The van der Waals surface area contributed by atoms with E-state index in [0.717, 1.165) is 29.3 Å². The van der Waals surface area contributed by atoms with E-state index in [-0.39, 0.29) is 11.6 Å². The smallest absolute Gasteiger partial charge is 0.162 e. The molecule has 1 saturated heterocycles. The number of nitrogens with one attached hydrogen (secondary N) is 1. The van der Waals surface area contributed by atoms with E-state index in [1.54, 1.807) is 7.11 Å². The normalized spacial score (nSPS) is 22.8. The lowest BCUT2D eigenvalue weighted by Gasteiger charge is -2.27. The highest BCUT2D eigenvalue weighted by atomic mass is 35.5. The number of hydrogen-bond donors (Lipinski definition) is 1. The molecule has 0 saturated carbocycles. The highest BCUT2D eigenvalue weighted by Crippen LogP contribution is 2.41. The molecule has 2 rings (SSSR count). The Bertz CT molecular complexity index is 454. The van der Waals surface area contributed by atoms with Gasteiger partial charge in [-0.25, -0.2) is 0 Å². The molecular formula is C15H22ClNO2. The van der Waals surface area contributed by atoms with Crippen LogP contribution >= 0.6 is 11.6 Å². The molecule has 1 atom stereocenters. The largest absolute Gasteiger partial charge is 0.493 e. The standard InChI is InChI=1S/C15H22ClNO2/c1-10(2)19-14-8-11(12(16)9-13(14)18-4)15(3)6-5-7-17-15/h8-10,17H,5-7H2,1-4H3. The van der Waals surface area contributed by atoms with Crippen LogP contribution in [0.4, 0.5) is 0 Å². The van der Waals surface area contributed by atoms with Crippen LogP contribution in [-0.2, 0) is 5.54 Å². The van der Waals surface area contributed by atoms with Crippen molar-refractivity contribution in [1.82, 2.24) is 5.32 Å². The quantitative estimate of drug-likeness (QED) is 0.913. The Kier molecular flexibility index (Phi) is 4.26. The maximum atomic E-state index is 6.41. The maximum Gasteiger partial charge on any atom is 0.162 e. The minimum absolute atomic E-state index is 0.0710. The average molecular weight is 284 g/mol. The van der Waals surface area contributed by atoms with Gasteiger partial charge in [0.25, 0.3) is 0 Å². The van der Waals surface area contributed by atoms with Gasteiger partial charge in [-0.15, -0.1) is 0 Å². The fourth-order valence-corrected chi connectivity index (χ4v) is 2.95. The Morgan fingerprint density at radius 1 is 1.32 bits per heavy atom. The van der Waals surface area contributed by atoms with Gasteiger partial charge in [0.2, 0.25) is 0 Å². The minimum atomic E-state index is -0.0710. The molecule has 1 unspecified atom stereocenters. The Balaban J connectivity index is 2.44. The van der Waals surface area contributed by atoms with Crippen molar-refractivity contribution in [2.45, 2.75) is 45.3 Å². The van der Waals surface area contributed by atoms with E-state index in [1.165, 1.54) is 6.42 Å². The monoisotopic (exact) mass is 283 g/mol. The second kappa shape index (κ2) is 5.59. The zero-order valence-corrected chi connectivity index (χ0v) is 12.8. The molecule has 1 aliphatic rings. The summed E-state index contributed by atoms with van der Waals surface area (Å²) in [7, 11) is 1.63. The SMILES string of the molecule is COc1cc(Cl)c(C2(C)CCCN2)cc1OC(C)C. The summed E-state index contributed by atoms with van der Waals surface area (Å²) in [6.45, 7) is 7.22. The van der Waals surface area contributed by atoms with E-state index in [4.69, 9.17) is 21.1 Å². The zero-order valence-electron chi connectivity index (χ0n) is 12.0. The molecule has 1 heterocycles. The third-order valence-corrected chi connectivity index (χ3v) is 3.89. The molecule has 0 radical (unpaired) electrons. The van der Waals surface area contributed by atoms with Crippen LogP contribution < -0.4 is 14.8 Å². The first-order valence-corrected chi connectivity index (χ1v) is 7.14. The topological polar surface area (TPSA) is 30.5 Å². The number of benzene rings is 1. The number of methoxy groups -OCH3 is 1.